The van der Waals surface area contributed by atoms with Crippen LogP contribution in [-0.4, -0.2) is 70.0 Å². The first-order valence-corrected chi connectivity index (χ1v) is 21.3. The van der Waals surface area contributed by atoms with E-state index in [2.05, 4.69) is 0 Å². The second-order valence-corrected chi connectivity index (χ2v) is 18.0. The molecule has 0 unspecified atom stereocenters. The maximum Gasteiger partial charge on any atom is 0.125 e. The molecule has 21 heteroatoms. The van der Waals surface area contributed by atoms with Gasteiger partial charge in [0.25, 0.3) is 0 Å². The highest BCUT2D eigenvalue weighted by molar-refractivity contribution is 7.87. The highest BCUT2D eigenvalue weighted by Crippen LogP contribution is 2.30. The molecule has 1 N–H and O–H groups in total. The standard InChI is InChI=1S/C11H10O6S2.C11H10O4S.C10H8O6S2/c1-7-2-3-10-8(4-7)5-9(18(12,13)14)6-11(10)19(15,16)17;1-7-4-8-2-3-9(12)6-10(8)11(5-7)16(13,14)15;11-17(12,13)9-5-1-3-7-8(9)4-2-6-10(7)18(14,15)16/h2-6H,1H3,(H,12,13,14)(H,15,16,17);2-6,12H,1H3,(H,13,14,15);1-6H,(H,11,12,13)(H,14,15,16)/p-5. The van der Waals surface area contributed by atoms with Crippen molar-refractivity contribution in [3.8, 4) is 5.75 Å². The molecule has 6 aromatic rings. The molecule has 0 aliphatic carbocycles. The van der Waals surface area contributed by atoms with Gasteiger partial charge in [-0.05, 0) is 78.0 Å². The van der Waals surface area contributed by atoms with Crippen LogP contribution < -0.4 is 0 Å². The molecule has 0 aromatic heterocycles. The summed E-state index contributed by atoms with van der Waals surface area (Å²) in [7, 11) is -23.7. The van der Waals surface area contributed by atoms with Gasteiger partial charge in [0, 0.05) is 16.2 Å². The van der Waals surface area contributed by atoms with Gasteiger partial charge in [-0.1, -0.05) is 60.2 Å². The predicted molar refractivity (Wildman–Crippen MR) is 183 cm³/mol. The van der Waals surface area contributed by atoms with Gasteiger partial charge in [0.05, 0.1) is 24.5 Å². The molecule has 6 aromatic carbocycles. The minimum atomic E-state index is -4.88. The zero-order valence-electron chi connectivity index (χ0n) is 26.8. The van der Waals surface area contributed by atoms with Crippen molar-refractivity contribution in [1.82, 2.24) is 0 Å². The maximum absolute atomic E-state index is 11.2. The Labute approximate surface area is 303 Å². The first-order valence-electron chi connectivity index (χ1n) is 14.3. The largest absolute Gasteiger partial charge is 0.744 e. The van der Waals surface area contributed by atoms with Crippen molar-refractivity contribution in [2.24, 2.45) is 0 Å². The Bertz CT molecular complexity index is 2920. The lowest BCUT2D eigenvalue weighted by atomic mass is 10.1. The summed E-state index contributed by atoms with van der Waals surface area (Å²) >= 11 is 0. The minimum Gasteiger partial charge on any atom is -0.744 e. The van der Waals surface area contributed by atoms with Gasteiger partial charge >= 0.3 is 0 Å². The molecule has 0 spiro atoms. The molecule has 0 heterocycles. The van der Waals surface area contributed by atoms with Gasteiger partial charge in [0.15, 0.2) is 0 Å². The molecule has 0 atom stereocenters. The van der Waals surface area contributed by atoms with Gasteiger partial charge < -0.3 is 27.9 Å². The van der Waals surface area contributed by atoms with E-state index in [9.17, 15) is 70.0 Å². The fourth-order valence-corrected chi connectivity index (χ4v) is 8.63. The van der Waals surface area contributed by atoms with E-state index < -0.39 is 70.2 Å². The van der Waals surface area contributed by atoms with E-state index >= 15 is 0 Å². The molecule has 0 saturated heterocycles. The summed E-state index contributed by atoms with van der Waals surface area (Å²) in [4.78, 5) is -2.84. The first kappa shape index (κ1) is 41.2. The van der Waals surface area contributed by atoms with Gasteiger partial charge in [-0.3, -0.25) is 0 Å². The Morgan fingerprint density at radius 1 is 0.396 bits per heavy atom. The molecule has 16 nitrogen and oxygen atoms in total. The summed E-state index contributed by atoms with van der Waals surface area (Å²) in [6.45, 7) is 3.42. The molecule has 0 bridgehead atoms. The number of phenols is 1. The number of aryl methyl sites for hydroxylation is 2. The number of benzene rings is 6. The molecule has 0 radical (unpaired) electrons. The van der Waals surface area contributed by atoms with Crippen molar-refractivity contribution in [3.63, 3.8) is 0 Å². The smallest absolute Gasteiger partial charge is 0.125 e. The van der Waals surface area contributed by atoms with E-state index in [1.54, 1.807) is 32.0 Å². The summed E-state index contributed by atoms with van der Waals surface area (Å²) in [6.07, 6.45) is 0. The Hall–Kier alpha value is -4.55. The zero-order valence-corrected chi connectivity index (χ0v) is 30.9. The highest BCUT2D eigenvalue weighted by atomic mass is 32.2. The van der Waals surface area contributed by atoms with Crippen molar-refractivity contribution in [2.75, 3.05) is 0 Å². The van der Waals surface area contributed by atoms with Crippen molar-refractivity contribution < 1.29 is 70.0 Å². The summed E-state index contributed by atoms with van der Waals surface area (Å²) in [5.74, 6) is -0.0683. The van der Waals surface area contributed by atoms with Crippen LogP contribution in [0, 0.1) is 13.8 Å². The number of rotatable bonds is 5. The number of hydrogen-bond acceptors (Lipinski definition) is 16. The third kappa shape index (κ3) is 9.91. The summed E-state index contributed by atoms with van der Waals surface area (Å²) in [6, 6.07) is 20.6. The zero-order chi connectivity index (χ0) is 39.9. The van der Waals surface area contributed by atoms with Gasteiger partial charge in [0.1, 0.15) is 56.3 Å². The maximum atomic E-state index is 11.2. The number of hydrogen-bond donors (Lipinski definition) is 1. The second kappa shape index (κ2) is 14.7. The van der Waals surface area contributed by atoms with Gasteiger partial charge in [-0.2, -0.15) is 0 Å². The first-order chi connectivity index (χ1) is 24.2. The van der Waals surface area contributed by atoms with E-state index in [1.807, 2.05) is 0 Å². The fraction of sp³-hybridized carbons (Fsp3) is 0.0625. The molecule has 0 fully saturated rings. The Morgan fingerprint density at radius 2 is 0.868 bits per heavy atom. The summed E-state index contributed by atoms with van der Waals surface area (Å²) < 4.78 is 166. The van der Waals surface area contributed by atoms with E-state index in [-0.39, 0.29) is 37.6 Å². The Kier molecular flexibility index (Phi) is 11.4. The topological polar surface area (TPSA) is 306 Å². The third-order valence-corrected chi connectivity index (χ3v) is 11.7. The monoisotopic (exact) mass is 823 g/mol. The van der Waals surface area contributed by atoms with Crippen molar-refractivity contribution in [1.29, 1.82) is 0 Å². The minimum absolute atomic E-state index is 0.0683. The predicted octanol–water partition coefficient (Wildman–Crippen LogP) is 3.36. The molecular formula is C32H23O16S5-5. The molecule has 0 aliphatic rings. The summed E-state index contributed by atoms with van der Waals surface area (Å²) in [5, 5.41) is 10.3. The van der Waals surface area contributed by atoms with Crippen LogP contribution >= 0.6 is 0 Å². The molecule has 0 amide bonds. The van der Waals surface area contributed by atoms with Crippen LogP contribution in [0.1, 0.15) is 11.1 Å². The van der Waals surface area contributed by atoms with E-state index in [1.165, 1.54) is 54.6 Å². The quantitative estimate of drug-likeness (QED) is 0.244. The molecule has 6 rings (SSSR count). The average Bonchev–Trinajstić information content (AvgIpc) is 3.01. The van der Waals surface area contributed by atoms with E-state index in [0.29, 0.717) is 17.0 Å². The van der Waals surface area contributed by atoms with Gasteiger partial charge in [-0.15, -0.1) is 0 Å². The molecule has 0 aliphatic heterocycles. The van der Waals surface area contributed by atoms with Crippen LogP contribution in [-0.2, 0) is 50.6 Å². The lowest BCUT2D eigenvalue weighted by Gasteiger charge is -2.15. The van der Waals surface area contributed by atoms with Crippen LogP contribution in [0.5, 0.6) is 5.75 Å². The SMILES string of the molecule is Cc1cc(S(=O)(=O)[O-])c2cc(O)ccc2c1.Cc1ccc2c(S(=O)(=O)[O-])cc(S(=O)(=O)[O-])cc2c1.O=S(=O)([O-])c1cccc2c(S(=O)(=O)[O-])cccc12. The Morgan fingerprint density at radius 3 is 1.34 bits per heavy atom. The van der Waals surface area contributed by atoms with Crippen molar-refractivity contribution >= 4 is 82.9 Å². The Balaban J connectivity index is 0.000000178. The fourth-order valence-electron chi connectivity index (χ4n) is 5.13. The van der Waals surface area contributed by atoms with Crippen molar-refractivity contribution in [2.45, 2.75) is 38.3 Å². The van der Waals surface area contributed by atoms with Crippen LogP contribution in [0.3, 0.4) is 0 Å². The summed E-state index contributed by atoms with van der Waals surface area (Å²) in [5.41, 5.74) is 1.43. The molecule has 282 valence electrons. The molecule has 53 heavy (non-hydrogen) atoms. The van der Waals surface area contributed by atoms with Gasteiger partial charge in [-0.25, -0.2) is 42.1 Å². The lowest BCUT2D eigenvalue weighted by molar-refractivity contribution is 0.459. The van der Waals surface area contributed by atoms with Crippen LogP contribution in [0.4, 0.5) is 0 Å². The normalized spacial score (nSPS) is 12.5. The number of phenolic OH excluding ortho intramolecular Hbond substituents is 1. The second-order valence-electron chi connectivity index (χ2n) is 11.2. The molecule has 0 saturated carbocycles. The highest BCUT2D eigenvalue weighted by Gasteiger charge is 2.14. The van der Waals surface area contributed by atoms with Gasteiger partial charge in [0.2, 0.25) is 0 Å². The number of aromatic hydroxyl groups is 1. The van der Waals surface area contributed by atoms with Crippen molar-refractivity contribution in [3.05, 3.63) is 108 Å². The average molecular weight is 824 g/mol. The van der Waals surface area contributed by atoms with Crippen LogP contribution in [0.15, 0.2) is 122 Å². The third-order valence-electron chi connectivity index (χ3n) is 7.30. The van der Waals surface area contributed by atoms with Crippen LogP contribution in [0.25, 0.3) is 32.3 Å². The molecular weight excluding hydrogens is 801 g/mol. The van der Waals surface area contributed by atoms with E-state index in [0.717, 1.165) is 23.8 Å². The lowest BCUT2D eigenvalue weighted by Crippen LogP contribution is -2.04. The van der Waals surface area contributed by atoms with E-state index in [4.69, 9.17) is 0 Å². The number of fused-ring (bicyclic) bond motifs is 3. The van der Waals surface area contributed by atoms with Crippen LogP contribution in [0.2, 0.25) is 0 Å².